The Balaban J connectivity index is 1.74. The monoisotopic (exact) mass is 357 g/mol. The molecule has 0 amide bonds. The molecule has 1 saturated heterocycles. The number of piperidine rings is 1. The first kappa shape index (κ1) is 16.7. The minimum atomic E-state index is -4.42. The zero-order chi connectivity index (χ0) is 17.3. The molecule has 0 aliphatic carbocycles. The molecule has 9 heteroatoms. The molecule has 128 valence electrons. The minimum absolute atomic E-state index is 0.0158. The highest BCUT2D eigenvalue weighted by Gasteiger charge is 2.35. The fourth-order valence-corrected chi connectivity index (χ4v) is 3.76. The molecule has 0 N–H and O–H groups in total. The quantitative estimate of drug-likeness (QED) is 0.601. The Morgan fingerprint density at radius 3 is 2.58 bits per heavy atom. The molecule has 2 heterocycles. The van der Waals surface area contributed by atoms with Gasteiger partial charge in [-0.3, -0.25) is 10.1 Å². The summed E-state index contributed by atoms with van der Waals surface area (Å²) in [5.74, 6) is -0.0601. The standard InChI is InChI=1S/C15H14F3N3O2S/c16-15(17,18)13-9-24-14(19-13)10-2-1-7-20(8-10)11-3-5-12(6-4-11)21(22)23/h3-6,9-10H,1-2,7-8H2. The molecule has 5 nitrogen and oxygen atoms in total. The van der Waals surface area contributed by atoms with E-state index in [9.17, 15) is 23.3 Å². The van der Waals surface area contributed by atoms with Crippen LogP contribution in [-0.4, -0.2) is 23.0 Å². The average Bonchev–Trinajstić information content (AvgIpc) is 3.05. The van der Waals surface area contributed by atoms with E-state index in [1.807, 2.05) is 4.90 Å². The molecule has 0 spiro atoms. The number of benzene rings is 1. The highest BCUT2D eigenvalue weighted by Crippen LogP contribution is 2.36. The van der Waals surface area contributed by atoms with E-state index in [1.165, 1.54) is 12.1 Å². The number of nitrogens with zero attached hydrogens (tertiary/aromatic N) is 3. The van der Waals surface area contributed by atoms with Crippen molar-refractivity contribution in [2.45, 2.75) is 24.9 Å². The Morgan fingerprint density at radius 1 is 1.29 bits per heavy atom. The summed E-state index contributed by atoms with van der Waals surface area (Å²) in [6.45, 7) is 1.33. The summed E-state index contributed by atoms with van der Waals surface area (Å²) in [4.78, 5) is 16.0. The lowest BCUT2D eigenvalue weighted by Crippen LogP contribution is -2.34. The molecule has 0 radical (unpaired) electrons. The number of hydrogen-bond donors (Lipinski definition) is 0. The maximum Gasteiger partial charge on any atom is 0.434 e. The van der Waals surface area contributed by atoms with Crippen LogP contribution in [0.15, 0.2) is 29.6 Å². The maximum absolute atomic E-state index is 12.7. The van der Waals surface area contributed by atoms with Gasteiger partial charge < -0.3 is 4.90 Å². The van der Waals surface area contributed by atoms with Crippen LogP contribution in [0.4, 0.5) is 24.5 Å². The topological polar surface area (TPSA) is 59.3 Å². The van der Waals surface area contributed by atoms with Crippen molar-refractivity contribution in [1.82, 2.24) is 4.98 Å². The number of hydrogen-bond acceptors (Lipinski definition) is 5. The maximum atomic E-state index is 12.7. The molecule has 1 aromatic heterocycles. The fourth-order valence-electron chi connectivity index (χ4n) is 2.80. The van der Waals surface area contributed by atoms with Gasteiger partial charge in [-0.1, -0.05) is 0 Å². The van der Waals surface area contributed by atoms with Crippen LogP contribution in [0.3, 0.4) is 0 Å². The Bertz CT molecular complexity index is 730. The van der Waals surface area contributed by atoms with E-state index < -0.39 is 16.8 Å². The van der Waals surface area contributed by atoms with Crippen LogP contribution in [0.25, 0.3) is 0 Å². The fraction of sp³-hybridized carbons (Fsp3) is 0.400. The zero-order valence-electron chi connectivity index (χ0n) is 12.5. The molecule has 24 heavy (non-hydrogen) atoms. The second-order valence-electron chi connectivity index (χ2n) is 5.63. The molecule has 1 atom stereocenters. The molecular formula is C15H14F3N3O2S. The number of rotatable bonds is 3. The highest BCUT2D eigenvalue weighted by molar-refractivity contribution is 7.09. The number of halogens is 3. The van der Waals surface area contributed by atoms with E-state index in [0.717, 1.165) is 41.8 Å². The van der Waals surface area contributed by atoms with Gasteiger partial charge in [0.25, 0.3) is 5.69 Å². The molecule has 1 aliphatic rings. The van der Waals surface area contributed by atoms with Crippen LogP contribution in [0, 0.1) is 10.1 Å². The molecule has 1 aliphatic heterocycles. The number of aromatic nitrogens is 1. The van der Waals surface area contributed by atoms with Gasteiger partial charge in [0.2, 0.25) is 0 Å². The number of non-ortho nitro benzene ring substituents is 1. The Labute approximate surface area is 139 Å². The molecule has 1 fully saturated rings. The lowest BCUT2D eigenvalue weighted by atomic mass is 9.98. The van der Waals surface area contributed by atoms with Crippen molar-refractivity contribution in [2.24, 2.45) is 0 Å². The number of alkyl halides is 3. The molecule has 1 aromatic carbocycles. The second kappa shape index (κ2) is 6.39. The van der Waals surface area contributed by atoms with Gasteiger partial charge in [-0.2, -0.15) is 13.2 Å². The Morgan fingerprint density at radius 2 is 2.00 bits per heavy atom. The molecule has 3 rings (SSSR count). The molecule has 0 saturated carbocycles. The van der Waals surface area contributed by atoms with Gasteiger partial charge in [0.1, 0.15) is 0 Å². The lowest BCUT2D eigenvalue weighted by Gasteiger charge is -2.33. The van der Waals surface area contributed by atoms with E-state index in [4.69, 9.17) is 0 Å². The van der Waals surface area contributed by atoms with Crippen LogP contribution in [0.2, 0.25) is 0 Å². The summed E-state index contributed by atoms with van der Waals surface area (Å²) in [6.07, 6.45) is -2.79. The predicted octanol–water partition coefficient (Wildman–Crippen LogP) is 4.45. The van der Waals surface area contributed by atoms with Crippen LogP contribution < -0.4 is 4.90 Å². The van der Waals surface area contributed by atoms with Crippen molar-refractivity contribution in [3.8, 4) is 0 Å². The summed E-state index contributed by atoms with van der Waals surface area (Å²) in [6, 6.07) is 6.21. The third-order valence-corrected chi connectivity index (χ3v) is 5.02. The Kier molecular flexibility index (Phi) is 4.44. The largest absolute Gasteiger partial charge is 0.434 e. The zero-order valence-corrected chi connectivity index (χ0v) is 13.3. The summed E-state index contributed by atoms with van der Waals surface area (Å²) >= 11 is 1.04. The van der Waals surface area contributed by atoms with Crippen LogP contribution in [0.5, 0.6) is 0 Å². The van der Waals surface area contributed by atoms with Gasteiger partial charge in [-0.25, -0.2) is 4.98 Å². The van der Waals surface area contributed by atoms with Gasteiger partial charge in [0, 0.05) is 42.2 Å². The van der Waals surface area contributed by atoms with Crippen LogP contribution in [-0.2, 0) is 6.18 Å². The van der Waals surface area contributed by atoms with Crippen molar-refractivity contribution < 1.29 is 18.1 Å². The normalized spacial score (nSPS) is 18.6. The van der Waals surface area contributed by atoms with Crippen LogP contribution in [0.1, 0.15) is 29.5 Å². The smallest absolute Gasteiger partial charge is 0.371 e. The van der Waals surface area contributed by atoms with Gasteiger partial charge in [-0.15, -0.1) is 11.3 Å². The number of thiazole rings is 1. The molecule has 0 bridgehead atoms. The van der Waals surface area contributed by atoms with Gasteiger partial charge >= 0.3 is 6.18 Å². The van der Waals surface area contributed by atoms with Crippen molar-refractivity contribution in [1.29, 1.82) is 0 Å². The first-order chi connectivity index (χ1) is 11.3. The summed E-state index contributed by atoms with van der Waals surface area (Å²) in [5, 5.41) is 12.3. The minimum Gasteiger partial charge on any atom is -0.371 e. The number of anilines is 1. The molecular weight excluding hydrogens is 343 g/mol. The van der Waals surface area contributed by atoms with E-state index in [0.29, 0.717) is 11.6 Å². The lowest BCUT2D eigenvalue weighted by molar-refractivity contribution is -0.384. The van der Waals surface area contributed by atoms with Crippen molar-refractivity contribution >= 4 is 22.7 Å². The van der Waals surface area contributed by atoms with Crippen molar-refractivity contribution in [3.05, 3.63) is 50.5 Å². The van der Waals surface area contributed by atoms with Crippen molar-refractivity contribution in [3.63, 3.8) is 0 Å². The molecule has 2 aromatic rings. The third-order valence-electron chi connectivity index (χ3n) is 4.01. The highest BCUT2D eigenvalue weighted by atomic mass is 32.1. The van der Waals surface area contributed by atoms with E-state index in [1.54, 1.807) is 12.1 Å². The summed E-state index contributed by atoms with van der Waals surface area (Å²) < 4.78 is 38.1. The van der Waals surface area contributed by atoms with Crippen LogP contribution >= 0.6 is 11.3 Å². The van der Waals surface area contributed by atoms with Gasteiger partial charge in [0.05, 0.1) is 9.93 Å². The SMILES string of the molecule is O=[N+]([O-])c1ccc(N2CCCC(c3nc(C(F)(F)F)cs3)C2)cc1. The number of nitro groups is 1. The summed E-state index contributed by atoms with van der Waals surface area (Å²) in [5.41, 5.74) is 0.00918. The van der Waals surface area contributed by atoms with E-state index in [-0.39, 0.29) is 11.6 Å². The van der Waals surface area contributed by atoms with Gasteiger partial charge in [0.15, 0.2) is 5.69 Å². The average molecular weight is 357 g/mol. The second-order valence-corrected chi connectivity index (χ2v) is 6.52. The van der Waals surface area contributed by atoms with Crippen molar-refractivity contribution in [2.75, 3.05) is 18.0 Å². The summed E-state index contributed by atoms with van der Waals surface area (Å²) in [7, 11) is 0. The van der Waals surface area contributed by atoms with E-state index in [2.05, 4.69) is 4.98 Å². The third kappa shape index (κ3) is 3.50. The number of nitro benzene ring substituents is 1. The Hall–Kier alpha value is -2.16. The first-order valence-corrected chi connectivity index (χ1v) is 8.24. The van der Waals surface area contributed by atoms with Gasteiger partial charge in [-0.05, 0) is 25.0 Å². The predicted molar refractivity (Wildman–Crippen MR) is 84.4 cm³/mol. The first-order valence-electron chi connectivity index (χ1n) is 7.36. The molecule has 1 unspecified atom stereocenters. The van der Waals surface area contributed by atoms with E-state index >= 15 is 0 Å².